The second-order valence-electron chi connectivity index (χ2n) is 6.94. The van der Waals surface area contributed by atoms with E-state index in [2.05, 4.69) is 15.2 Å². The number of rotatable bonds is 2. The van der Waals surface area contributed by atoms with E-state index in [0.717, 1.165) is 44.0 Å². The summed E-state index contributed by atoms with van der Waals surface area (Å²) in [6.07, 6.45) is 7.60. The zero-order valence-corrected chi connectivity index (χ0v) is 13.0. The summed E-state index contributed by atoms with van der Waals surface area (Å²) in [6, 6.07) is 0. The molecule has 118 valence electrons. The molecule has 4 aliphatic rings. The second-order valence-corrected chi connectivity index (χ2v) is 6.94. The lowest BCUT2D eigenvalue weighted by Gasteiger charge is -2.27. The van der Waals surface area contributed by atoms with E-state index in [-0.39, 0.29) is 0 Å². The zero-order chi connectivity index (χ0) is 14.2. The fraction of sp³-hybridized carbons (Fsp3) is 0.938. The number of fused-ring (bicyclic) bond motifs is 5. The Hall–Kier alpha value is -0.810. The molecule has 0 saturated carbocycles. The maximum atomic E-state index is 6.05. The van der Waals surface area contributed by atoms with Gasteiger partial charge in [0, 0.05) is 45.1 Å². The lowest BCUT2D eigenvalue weighted by Crippen LogP contribution is -2.45. The van der Waals surface area contributed by atoms with Crippen molar-refractivity contribution in [3.8, 4) is 0 Å². The topological polar surface area (TPSA) is 46.1 Å². The monoisotopic (exact) mass is 293 g/mol. The van der Waals surface area contributed by atoms with E-state index in [1.54, 1.807) is 0 Å². The molecule has 0 spiro atoms. The van der Waals surface area contributed by atoms with Crippen molar-refractivity contribution >= 4 is 5.96 Å². The number of likely N-dealkylation sites (tertiary alicyclic amines) is 1. The summed E-state index contributed by atoms with van der Waals surface area (Å²) in [5, 5.41) is 3.53. The smallest absolute Gasteiger partial charge is 0.193 e. The van der Waals surface area contributed by atoms with E-state index >= 15 is 0 Å². The number of ether oxygens (including phenoxy) is 2. The van der Waals surface area contributed by atoms with Crippen molar-refractivity contribution in [2.45, 2.75) is 50.4 Å². The zero-order valence-electron chi connectivity index (χ0n) is 13.0. The number of aliphatic imine (C=N–C) groups is 1. The van der Waals surface area contributed by atoms with E-state index in [1.165, 1.54) is 32.1 Å². The summed E-state index contributed by atoms with van der Waals surface area (Å²) in [4.78, 5) is 6.92. The van der Waals surface area contributed by atoms with Gasteiger partial charge in [0.25, 0.3) is 0 Å². The molecular formula is C16H27N3O2. The third-order valence-electron chi connectivity index (χ3n) is 5.73. The van der Waals surface area contributed by atoms with Crippen LogP contribution in [0.4, 0.5) is 0 Å². The molecule has 4 fully saturated rings. The highest BCUT2D eigenvalue weighted by molar-refractivity contribution is 5.80. The Morgan fingerprint density at radius 2 is 1.90 bits per heavy atom. The Morgan fingerprint density at radius 3 is 2.52 bits per heavy atom. The largest absolute Gasteiger partial charge is 0.376 e. The highest BCUT2D eigenvalue weighted by Gasteiger charge is 2.53. The van der Waals surface area contributed by atoms with Crippen molar-refractivity contribution in [3.63, 3.8) is 0 Å². The molecular weight excluding hydrogens is 266 g/mol. The molecule has 4 heterocycles. The van der Waals surface area contributed by atoms with Crippen LogP contribution >= 0.6 is 0 Å². The van der Waals surface area contributed by atoms with Gasteiger partial charge in [-0.2, -0.15) is 0 Å². The lowest BCUT2D eigenvalue weighted by molar-refractivity contribution is 0.0190. The van der Waals surface area contributed by atoms with Gasteiger partial charge in [-0.3, -0.25) is 4.99 Å². The molecule has 21 heavy (non-hydrogen) atoms. The quantitative estimate of drug-likeness (QED) is 0.615. The first-order chi connectivity index (χ1) is 10.3. The summed E-state index contributed by atoms with van der Waals surface area (Å²) in [5.74, 6) is 2.51. The maximum Gasteiger partial charge on any atom is 0.193 e. The molecule has 4 aliphatic heterocycles. The van der Waals surface area contributed by atoms with Crippen LogP contribution in [0.5, 0.6) is 0 Å². The molecule has 0 aromatic rings. The predicted molar refractivity (Wildman–Crippen MR) is 81.4 cm³/mol. The summed E-state index contributed by atoms with van der Waals surface area (Å²) in [6.45, 7) is 4.02. The van der Waals surface area contributed by atoms with Crippen molar-refractivity contribution < 1.29 is 9.47 Å². The molecule has 0 radical (unpaired) electrons. The number of hydrogen-bond donors (Lipinski definition) is 1. The molecule has 5 nitrogen and oxygen atoms in total. The van der Waals surface area contributed by atoms with Crippen LogP contribution < -0.4 is 5.32 Å². The number of nitrogens with zero attached hydrogens (tertiary/aromatic N) is 2. The third-order valence-corrected chi connectivity index (χ3v) is 5.73. The molecule has 0 aromatic heterocycles. The molecule has 4 rings (SSSR count). The average Bonchev–Trinajstić information content (AvgIpc) is 3.21. The van der Waals surface area contributed by atoms with E-state index in [1.807, 2.05) is 7.05 Å². The Bertz CT molecular complexity index is 390. The number of guanidine groups is 1. The highest BCUT2D eigenvalue weighted by atomic mass is 16.5. The van der Waals surface area contributed by atoms with Crippen LogP contribution in [-0.2, 0) is 9.47 Å². The first-order valence-corrected chi connectivity index (χ1v) is 8.58. The first-order valence-electron chi connectivity index (χ1n) is 8.58. The predicted octanol–water partition coefficient (Wildman–Crippen LogP) is 1.24. The van der Waals surface area contributed by atoms with Crippen molar-refractivity contribution in [1.82, 2.24) is 10.2 Å². The second kappa shape index (κ2) is 5.76. The highest BCUT2D eigenvalue weighted by Crippen LogP contribution is 2.47. The SMILES string of the molecule is CN=C(NCC1CCCCO1)N1CC2C3CCC(O3)C2C1. The van der Waals surface area contributed by atoms with Crippen molar-refractivity contribution in [2.75, 3.05) is 33.3 Å². The fourth-order valence-electron chi connectivity index (χ4n) is 4.64. The molecule has 0 amide bonds. The van der Waals surface area contributed by atoms with Crippen LogP contribution in [0.2, 0.25) is 0 Å². The molecule has 4 saturated heterocycles. The number of hydrogen-bond acceptors (Lipinski definition) is 3. The lowest BCUT2D eigenvalue weighted by atomic mass is 9.82. The molecule has 0 aliphatic carbocycles. The van der Waals surface area contributed by atoms with Crippen LogP contribution in [0.1, 0.15) is 32.1 Å². The van der Waals surface area contributed by atoms with Gasteiger partial charge in [0.1, 0.15) is 0 Å². The van der Waals surface area contributed by atoms with Gasteiger partial charge in [-0.15, -0.1) is 0 Å². The summed E-state index contributed by atoms with van der Waals surface area (Å²) in [5.41, 5.74) is 0. The summed E-state index contributed by atoms with van der Waals surface area (Å²) >= 11 is 0. The Kier molecular flexibility index (Phi) is 3.79. The van der Waals surface area contributed by atoms with E-state index < -0.39 is 0 Å². The molecule has 5 unspecified atom stereocenters. The van der Waals surface area contributed by atoms with Gasteiger partial charge in [0.2, 0.25) is 0 Å². The normalized spacial score (nSPS) is 42.4. The minimum atomic E-state index is 0.358. The van der Waals surface area contributed by atoms with Gasteiger partial charge in [-0.05, 0) is 32.1 Å². The van der Waals surface area contributed by atoms with E-state index in [4.69, 9.17) is 9.47 Å². The van der Waals surface area contributed by atoms with Crippen molar-refractivity contribution in [3.05, 3.63) is 0 Å². The average molecular weight is 293 g/mol. The minimum absolute atomic E-state index is 0.358. The molecule has 1 N–H and O–H groups in total. The van der Waals surface area contributed by atoms with E-state index in [9.17, 15) is 0 Å². The third kappa shape index (κ3) is 2.55. The van der Waals surface area contributed by atoms with Gasteiger partial charge < -0.3 is 19.7 Å². The Morgan fingerprint density at radius 1 is 1.14 bits per heavy atom. The van der Waals surface area contributed by atoms with Gasteiger partial charge >= 0.3 is 0 Å². The molecule has 5 atom stereocenters. The van der Waals surface area contributed by atoms with Crippen molar-refractivity contribution in [2.24, 2.45) is 16.8 Å². The summed E-state index contributed by atoms with van der Waals surface area (Å²) < 4.78 is 11.8. The molecule has 2 bridgehead atoms. The minimum Gasteiger partial charge on any atom is -0.376 e. The van der Waals surface area contributed by atoms with Crippen LogP contribution in [0, 0.1) is 11.8 Å². The fourth-order valence-corrected chi connectivity index (χ4v) is 4.64. The molecule has 5 heteroatoms. The van der Waals surface area contributed by atoms with Gasteiger partial charge in [-0.25, -0.2) is 0 Å². The summed E-state index contributed by atoms with van der Waals surface area (Å²) in [7, 11) is 1.89. The van der Waals surface area contributed by atoms with Gasteiger partial charge in [-0.1, -0.05) is 0 Å². The van der Waals surface area contributed by atoms with Gasteiger partial charge in [0.15, 0.2) is 5.96 Å². The van der Waals surface area contributed by atoms with Gasteiger partial charge in [0.05, 0.1) is 18.3 Å². The first kappa shape index (κ1) is 13.8. The Labute approximate surface area is 127 Å². The van der Waals surface area contributed by atoms with Crippen LogP contribution in [0.15, 0.2) is 4.99 Å². The Balaban J connectivity index is 1.32. The van der Waals surface area contributed by atoms with Crippen LogP contribution in [0.3, 0.4) is 0 Å². The van der Waals surface area contributed by atoms with Crippen LogP contribution in [-0.4, -0.2) is 62.5 Å². The molecule has 0 aromatic carbocycles. The van der Waals surface area contributed by atoms with Crippen LogP contribution in [0.25, 0.3) is 0 Å². The number of nitrogens with one attached hydrogen (secondary N) is 1. The van der Waals surface area contributed by atoms with E-state index in [0.29, 0.717) is 18.3 Å². The maximum absolute atomic E-state index is 6.05. The van der Waals surface area contributed by atoms with Crippen molar-refractivity contribution in [1.29, 1.82) is 0 Å². The standard InChI is InChI=1S/C16H27N3O2/c1-17-16(18-8-11-4-2-3-7-20-11)19-9-12-13(10-19)15-6-5-14(12)21-15/h11-15H,2-10H2,1H3,(H,17,18).